The lowest BCUT2D eigenvalue weighted by atomic mass is 9.95. The van der Waals surface area contributed by atoms with Gasteiger partial charge in [0.1, 0.15) is 10.7 Å². The van der Waals surface area contributed by atoms with Crippen LogP contribution in [0.2, 0.25) is 0 Å². The van der Waals surface area contributed by atoms with Crippen LogP contribution in [0.4, 0.5) is 0 Å². The van der Waals surface area contributed by atoms with Gasteiger partial charge >= 0.3 is 0 Å². The van der Waals surface area contributed by atoms with Gasteiger partial charge in [-0.2, -0.15) is 4.31 Å². The average Bonchev–Trinajstić information content (AvgIpc) is 3.39. The molecule has 10 nitrogen and oxygen atoms in total. The van der Waals surface area contributed by atoms with E-state index < -0.39 is 10.0 Å². The van der Waals surface area contributed by atoms with Crippen molar-refractivity contribution in [2.75, 3.05) is 13.2 Å². The Morgan fingerprint density at radius 1 is 1.10 bits per heavy atom. The van der Waals surface area contributed by atoms with Gasteiger partial charge in [-0.25, -0.2) is 18.4 Å². The molecule has 2 aliphatic heterocycles. The quantitative estimate of drug-likeness (QED) is 0.646. The highest BCUT2D eigenvalue weighted by Crippen LogP contribution is 2.38. The molecule has 2 fully saturated rings. The van der Waals surface area contributed by atoms with E-state index in [-0.39, 0.29) is 35.4 Å². The van der Waals surface area contributed by atoms with Crippen LogP contribution in [0.15, 0.2) is 26.5 Å². The van der Waals surface area contributed by atoms with Crippen molar-refractivity contribution in [3.8, 4) is 0 Å². The van der Waals surface area contributed by atoms with E-state index in [4.69, 9.17) is 9.26 Å². The van der Waals surface area contributed by atoms with Crippen LogP contribution in [0.1, 0.15) is 60.3 Å². The Labute approximate surface area is 177 Å². The van der Waals surface area contributed by atoms with E-state index in [2.05, 4.69) is 20.1 Å². The largest absolute Gasteiger partial charge is 0.381 e. The third kappa shape index (κ3) is 3.19. The number of pyridine rings is 1. The summed E-state index contributed by atoms with van der Waals surface area (Å²) in [7, 11) is -3.87. The summed E-state index contributed by atoms with van der Waals surface area (Å²) in [5.74, 6) is 1.10. The molecule has 3 aromatic rings. The summed E-state index contributed by atoms with van der Waals surface area (Å²) < 4.78 is 38.8. The SMILES string of the molecule is O=c1[nH]c(C2CC2)nc2c1CN(S(=O)(=O)c1cnc3onc(C4CCOCC4)c3c1)C2. The zero-order chi connectivity index (χ0) is 21.2. The highest BCUT2D eigenvalue weighted by Gasteiger charge is 2.36. The first kappa shape index (κ1) is 19.1. The van der Waals surface area contributed by atoms with Gasteiger partial charge in [0, 0.05) is 31.6 Å². The van der Waals surface area contributed by atoms with Gasteiger partial charge in [0.25, 0.3) is 11.3 Å². The molecular weight excluding hydrogens is 422 g/mol. The van der Waals surface area contributed by atoms with Crippen LogP contribution in [0, 0.1) is 0 Å². The van der Waals surface area contributed by atoms with Gasteiger partial charge in [-0.1, -0.05) is 5.16 Å². The van der Waals surface area contributed by atoms with Gasteiger partial charge in [-0.05, 0) is 31.7 Å². The molecule has 0 bridgehead atoms. The molecule has 0 unspecified atom stereocenters. The predicted molar refractivity (Wildman–Crippen MR) is 108 cm³/mol. The molecule has 6 rings (SSSR count). The summed E-state index contributed by atoms with van der Waals surface area (Å²) in [5.41, 5.74) is 1.74. The second-order valence-corrected chi connectivity index (χ2v) is 10.3. The average molecular weight is 443 g/mol. The molecule has 1 aliphatic carbocycles. The highest BCUT2D eigenvalue weighted by atomic mass is 32.2. The third-order valence-electron chi connectivity index (χ3n) is 6.32. The van der Waals surface area contributed by atoms with Gasteiger partial charge in [0.2, 0.25) is 10.0 Å². The molecule has 3 aromatic heterocycles. The zero-order valence-corrected chi connectivity index (χ0v) is 17.5. The summed E-state index contributed by atoms with van der Waals surface area (Å²) in [6.45, 7) is 1.36. The van der Waals surface area contributed by atoms with E-state index >= 15 is 0 Å². The number of nitrogens with zero attached hydrogens (tertiary/aromatic N) is 4. The minimum Gasteiger partial charge on any atom is -0.381 e. The van der Waals surface area contributed by atoms with Gasteiger partial charge in [0.15, 0.2) is 0 Å². The smallest absolute Gasteiger partial charge is 0.258 e. The number of H-pyrrole nitrogens is 1. The normalized spacial score (nSPS) is 20.4. The Bertz CT molecular complexity index is 1340. The molecule has 3 aliphatic rings. The van der Waals surface area contributed by atoms with Crippen molar-refractivity contribution in [3.05, 3.63) is 45.4 Å². The molecule has 1 saturated carbocycles. The van der Waals surface area contributed by atoms with Crippen molar-refractivity contribution in [2.24, 2.45) is 0 Å². The topological polar surface area (TPSA) is 131 Å². The fourth-order valence-corrected chi connectivity index (χ4v) is 5.71. The maximum absolute atomic E-state index is 13.4. The summed E-state index contributed by atoms with van der Waals surface area (Å²) in [6, 6.07) is 1.58. The zero-order valence-electron chi connectivity index (χ0n) is 16.7. The predicted octanol–water partition coefficient (Wildman–Crippen LogP) is 1.78. The van der Waals surface area contributed by atoms with Gasteiger partial charge in [0.05, 0.1) is 35.1 Å². The number of fused-ring (bicyclic) bond motifs is 2. The first-order chi connectivity index (χ1) is 15.0. The molecule has 0 amide bonds. The number of nitrogens with one attached hydrogen (secondary N) is 1. The molecule has 0 radical (unpaired) electrons. The molecule has 0 spiro atoms. The molecule has 1 saturated heterocycles. The van der Waals surface area contributed by atoms with Gasteiger partial charge < -0.3 is 14.2 Å². The summed E-state index contributed by atoms with van der Waals surface area (Å²) in [4.78, 5) is 24.1. The first-order valence-electron chi connectivity index (χ1n) is 10.5. The van der Waals surface area contributed by atoms with Crippen LogP contribution >= 0.6 is 0 Å². The number of ether oxygens (including phenoxy) is 1. The number of rotatable bonds is 4. The fraction of sp³-hybridized carbons (Fsp3) is 0.500. The number of aromatic nitrogens is 4. The summed E-state index contributed by atoms with van der Waals surface area (Å²) in [6.07, 6.45) is 4.90. The molecule has 0 aromatic carbocycles. The maximum atomic E-state index is 13.4. The van der Waals surface area contributed by atoms with Crippen molar-refractivity contribution in [1.29, 1.82) is 0 Å². The van der Waals surface area contributed by atoms with Crippen molar-refractivity contribution in [2.45, 2.75) is 55.5 Å². The molecule has 31 heavy (non-hydrogen) atoms. The van der Waals surface area contributed by atoms with E-state index in [1.165, 1.54) is 10.5 Å². The number of aromatic amines is 1. The van der Waals surface area contributed by atoms with E-state index in [9.17, 15) is 13.2 Å². The Balaban J connectivity index is 1.34. The minimum atomic E-state index is -3.87. The Morgan fingerprint density at radius 2 is 1.90 bits per heavy atom. The Morgan fingerprint density at radius 3 is 2.68 bits per heavy atom. The van der Waals surface area contributed by atoms with E-state index in [1.807, 2.05) is 0 Å². The van der Waals surface area contributed by atoms with Crippen LogP contribution in [0.5, 0.6) is 0 Å². The van der Waals surface area contributed by atoms with Crippen molar-refractivity contribution >= 4 is 21.1 Å². The molecular formula is C20H21N5O5S. The molecule has 5 heterocycles. The van der Waals surface area contributed by atoms with E-state index in [1.54, 1.807) is 6.07 Å². The van der Waals surface area contributed by atoms with Crippen LogP contribution < -0.4 is 5.56 Å². The maximum Gasteiger partial charge on any atom is 0.258 e. The Kier molecular flexibility index (Phi) is 4.27. The van der Waals surface area contributed by atoms with Crippen molar-refractivity contribution in [1.82, 2.24) is 24.4 Å². The number of hydrogen-bond acceptors (Lipinski definition) is 8. The minimum absolute atomic E-state index is 0.000554. The molecule has 1 N–H and O–H groups in total. The lowest BCUT2D eigenvalue weighted by Gasteiger charge is -2.20. The molecule has 162 valence electrons. The van der Waals surface area contributed by atoms with Gasteiger partial charge in [-0.3, -0.25) is 4.79 Å². The van der Waals surface area contributed by atoms with Crippen LogP contribution in [0.3, 0.4) is 0 Å². The van der Waals surface area contributed by atoms with E-state index in [0.29, 0.717) is 41.4 Å². The lowest BCUT2D eigenvalue weighted by molar-refractivity contribution is 0.0840. The second kappa shape index (κ2) is 6.94. The second-order valence-electron chi connectivity index (χ2n) is 8.40. The van der Waals surface area contributed by atoms with Crippen LogP contribution in [-0.4, -0.2) is 46.0 Å². The lowest BCUT2D eigenvalue weighted by Crippen LogP contribution is -2.26. The standard InChI is InChI=1S/C20H21N5O5S/c26-19-15-9-25(10-16(15)22-18(23-19)12-1-2-12)31(27,28)13-7-14-17(11-3-5-29-6-4-11)24-30-20(14)21-8-13/h7-8,11-12H,1-6,9-10H2,(H,22,23,26). The molecule has 11 heteroatoms. The summed E-state index contributed by atoms with van der Waals surface area (Å²) in [5, 5.41) is 4.77. The number of hydrogen-bond donors (Lipinski definition) is 1. The van der Waals surface area contributed by atoms with E-state index in [0.717, 1.165) is 31.4 Å². The van der Waals surface area contributed by atoms with Crippen LogP contribution in [0.25, 0.3) is 11.1 Å². The van der Waals surface area contributed by atoms with Crippen LogP contribution in [-0.2, 0) is 27.8 Å². The van der Waals surface area contributed by atoms with Crippen molar-refractivity contribution < 1.29 is 17.7 Å². The highest BCUT2D eigenvalue weighted by molar-refractivity contribution is 7.89. The van der Waals surface area contributed by atoms with Gasteiger partial charge in [-0.15, -0.1) is 0 Å². The third-order valence-corrected chi connectivity index (χ3v) is 8.08. The van der Waals surface area contributed by atoms with Crippen molar-refractivity contribution in [3.63, 3.8) is 0 Å². The Hall–Kier alpha value is -2.63. The monoisotopic (exact) mass is 443 g/mol. The molecule has 0 atom stereocenters. The first-order valence-corrected chi connectivity index (χ1v) is 11.9. The summed E-state index contributed by atoms with van der Waals surface area (Å²) >= 11 is 0. The fourth-order valence-electron chi connectivity index (χ4n) is 4.36. The number of sulfonamides is 1.